The van der Waals surface area contributed by atoms with Gasteiger partial charge in [0.2, 0.25) is 11.6 Å². The third-order valence-electron chi connectivity index (χ3n) is 2.33. The SMILES string of the molecule is Cc1n(C)c(=O)cc2[n+]1CC(=O)N2. The van der Waals surface area contributed by atoms with E-state index in [0.717, 1.165) is 5.82 Å². The van der Waals surface area contributed by atoms with Gasteiger partial charge in [0.05, 0.1) is 13.1 Å². The van der Waals surface area contributed by atoms with Crippen molar-refractivity contribution in [1.82, 2.24) is 4.57 Å². The highest BCUT2D eigenvalue weighted by molar-refractivity contribution is 5.90. The van der Waals surface area contributed by atoms with Crippen LogP contribution in [-0.4, -0.2) is 10.5 Å². The Bertz CT molecular complexity index is 447. The summed E-state index contributed by atoms with van der Waals surface area (Å²) in [6.45, 7) is 2.11. The van der Waals surface area contributed by atoms with Crippen molar-refractivity contribution in [3.63, 3.8) is 0 Å². The first kappa shape index (κ1) is 7.97. The summed E-state index contributed by atoms with van der Waals surface area (Å²) in [5.41, 5.74) is -0.106. The first-order chi connectivity index (χ1) is 6.09. The number of hydrogen-bond acceptors (Lipinski definition) is 2. The Kier molecular flexibility index (Phi) is 1.48. The molecule has 1 aromatic heterocycles. The molecule has 0 bridgehead atoms. The Morgan fingerprint density at radius 2 is 2.23 bits per heavy atom. The van der Waals surface area contributed by atoms with E-state index in [1.165, 1.54) is 10.6 Å². The lowest BCUT2D eigenvalue weighted by molar-refractivity contribution is -0.674. The van der Waals surface area contributed by atoms with Crippen molar-refractivity contribution in [3.05, 3.63) is 22.2 Å². The molecule has 1 aliphatic heterocycles. The summed E-state index contributed by atoms with van der Waals surface area (Å²) in [7, 11) is 1.69. The van der Waals surface area contributed by atoms with E-state index in [-0.39, 0.29) is 11.5 Å². The molecule has 0 saturated heterocycles. The maximum atomic E-state index is 11.3. The molecule has 2 rings (SSSR count). The Morgan fingerprint density at radius 3 is 2.92 bits per heavy atom. The fourth-order valence-corrected chi connectivity index (χ4v) is 1.44. The molecule has 5 heteroatoms. The number of anilines is 1. The summed E-state index contributed by atoms with van der Waals surface area (Å²) >= 11 is 0. The maximum Gasteiger partial charge on any atom is 0.314 e. The van der Waals surface area contributed by atoms with Crippen molar-refractivity contribution < 1.29 is 9.36 Å². The molecular weight excluding hydrogens is 170 g/mol. The van der Waals surface area contributed by atoms with Crippen LogP contribution in [0.5, 0.6) is 0 Å². The van der Waals surface area contributed by atoms with Crippen molar-refractivity contribution in [2.24, 2.45) is 7.05 Å². The first-order valence-corrected chi connectivity index (χ1v) is 4.00. The van der Waals surface area contributed by atoms with Crippen LogP contribution in [0.4, 0.5) is 5.82 Å². The van der Waals surface area contributed by atoms with Crippen molar-refractivity contribution in [2.45, 2.75) is 13.5 Å². The number of nitrogens with one attached hydrogen (secondary N) is 1. The highest BCUT2D eigenvalue weighted by Crippen LogP contribution is 2.03. The van der Waals surface area contributed by atoms with Gasteiger partial charge in [-0.05, 0) is 0 Å². The van der Waals surface area contributed by atoms with Crippen molar-refractivity contribution in [2.75, 3.05) is 5.32 Å². The predicted molar refractivity (Wildman–Crippen MR) is 45.2 cm³/mol. The number of carbonyl (C=O) groups excluding carboxylic acids is 1. The molecule has 0 atom stereocenters. The quantitative estimate of drug-likeness (QED) is 0.517. The summed E-state index contributed by atoms with van der Waals surface area (Å²) in [6.07, 6.45) is 0. The largest absolute Gasteiger partial charge is 0.314 e. The maximum absolute atomic E-state index is 11.3. The summed E-state index contributed by atoms with van der Waals surface area (Å²) < 4.78 is 3.30. The minimum atomic E-state index is -0.106. The average Bonchev–Trinajstić information content (AvgIpc) is 2.42. The molecule has 0 unspecified atom stereocenters. The zero-order valence-corrected chi connectivity index (χ0v) is 7.50. The van der Waals surface area contributed by atoms with E-state index >= 15 is 0 Å². The number of aromatic nitrogens is 2. The van der Waals surface area contributed by atoms with Gasteiger partial charge in [0.15, 0.2) is 6.54 Å². The Hall–Kier alpha value is -1.65. The van der Waals surface area contributed by atoms with Gasteiger partial charge in [0.1, 0.15) is 0 Å². The van der Waals surface area contributed by atoms with Gasteiger partial charge in [-0.25, -0.2) is 14.5 Å². The molecule has 0 aromatic carbocycles. The summed E-state index contributed by atoms with van der Waals surface area (Å²) in [4.78, 5) is 22.3. The second kappa shape index (κ2) is 2.42. The fraction of sp³-hybridized carbons (Fsp3) is 0.375. The van der Waals surface area contributed by atoms with Crippen LogP contribution in [0.25, 0.3) is 0 Å². The number of fused-ring (bicyclic) bond motifs is 1. The smallest absolute Gasteiger partial charge is 0.253 e. The third-order valence-corrected chi connectivity index (χ3v) is 2.33. The molecule has 1 amide bonds. The van der Waals surface area contributed by atoms with Crippen molar-refractivity contribution in [1.29, 1.82) is 0 Å². The van der Waals surface area contributed by atoms with E-state index in [2.05, 4.69) is 5.32 Å². The van der Waals surface area contributed by atoms with Gasteiger partial charge in [-0.3, -0.25) is 9.59 Å². The van der Waals surface area contributed by atoms with Gasteiger partial charge in [0, 0.05) is 6.92 Å². The van der Waals surface area contributed by atoms with Crippen molar-refractivity contribution in [3.8, 4) is 0 Å². The Balaban J connectivity index is 2.73. The number of nitrogens with zero attached hydrogens (tertiary/aromatic N) is 2. The number of hydrogen-bond donors (Lipinski definition) is 1. The fourth-order valence-electron chi connectivity index (χ4n) is 1.44. The molecule has 1 N–H and O–H groups in total. The van der Waals surface area contributed by atoms with Gasteiger partial charge in [-0.1, -0.05) is 0 Å². The topological polar surface area (TPSA) is 55.0 Å². The summed E-state index contributed by atoms with van der Waals surface area (Å²) in [5, 5.41) is 2.62. The number of rotatable bonds is 0. The van der Waals surface area contributed by atoms with Crippen LogP contribution in [0, 0.1) is 6.92 Å². The standard InChI is InChI=1S/C8H9N3O2/c1-5-10(2)8(13)3-6-9-7(12)4-11(5)6/h3H,4H2,1-2H3/p+1. The molecule has 1 aliphatic rings. The second-order valence-electron chi connectivity index (χ2n) is 3.11. The molecule has 1 aromatic rings. The molecule has 0 radical (unpaired) electrons. The van der Waals surface area contributed by atoms with E-state index in [1.54, 1.807) is 11.6 Å². The second-order valence-corrected chi connectivity index (χ2v) is 3.11. The van der Waals surface area contributed by atoms with Crippen LogP contribution in [0.3, 0.4) is 0 Å². The number of carbonyl (C=O) groups is 1. The molecule has 2 heterocycles. The van der Waals surface area contributed by atoms with E-state index in [0.29, 0.717) is 12.4 Å². The van der Waals surface area contributed by atoms with Crippen LogP contribution in [0.15, 0.2) is 10.9 Å². The van der Waals surface area contributed by atoms with Gasteiger partial charge < -0.3 is 0 Å². The van der Waals surface area contributed by atoms with Crippen LogP contribution in [-0.2, 0) is 18.4 Å². The summed E-state index contributed by atoms with van der Waals surface area (Å²) in [6, 6.07) is 1.43. The number of amides is 1. The van der Waals surface area contributed by atoms with E-state index in [4.69, 9.17) is 0 Å². The van der Waals surface area contributed by atoms with Crippen LogP contribution >= 0.6 is 0 Å². The van der Waals surface area contributed by atoms with E-state index in [1.807, 2.05) is 6.92 Å². The van der Waals surface area contributed by atoms with E-state index in [9.17, 15) is 9.59 Å². The minimum absolute atomic E-state index is 0.0753. The zero-order chi connectivity index (χ0) is 9.59. The lowest BCUT2D eigenvalue weighted by Crippen LogP contribution is -2.42. The van der Waals surface area contributed by atoms with Crippen LogP contribution in [0.1, 0.15) is 5.82 Å². The molecule has 0 spiro atoms. The van der Waals surface area contributed by atoms with Gasteiger partial charge in [-0.15, -0.1) is 0 Å². The minimum Gasteiger partial charge on any atom is -0.253 e. The van der Waals surface area contributed by atoms with Crippen molar-refractivity contribution >= 4 is 11.7 Å². The molecular formula is C8H10N3O2+. The molecule has 0 saturated carbocycles. The lowest BCUT2D eigenvalue weighted by Gasteiger charge is -2.02. The molecule has 0 aliphatic carbocycles. The van der Waals surface area contributed by atoms with E-state index < -0.39 is 0 Å². The lowest BCUT2D eigenvalue weighted by atomic mass is 10.5. The molecule has 5 nitrogen and oxygen atoms in total. The van der Waals surface area contributed by atoms with Crippen LogP contribution in [0.2, 0.25) is 0 Å². The average molecular weight is 180 g/mol. The predicted octanol–water partition coefficient (Wildman–Crippen LogP) is -1.07. The highest BCUT2D eigenvalue weighted by atomic mass is 16.2. The Labute approximate surface area is 74.6 Å². The summed E-state index contributed by atoms with van der Waals surface area (Å²) in [5.74, 6) is 1.29. The highest BCUT2D eigenvalue weighted by Gasteiger charge is 2.26. The van der Waals surface area contributed by atoms with Gasteiger partial charge in [-0.2, -0.15) is 0 Å². The van der Waals surface area contributed by atoms with Crippen LogP contribution < -0.4 is 15.4 Å². The monoisotopic (exact) mass is 180 g/mol. The third kappa shape index (κ3) is 1.04. The molecule has 68 valence electrons. The zero-order valence-electron chi connectivity index (χ0n) is 7.50. The van der Waals surface area contributed by atoms with Gasteiger partial charge >= 0.3 is 11.5 Å². The van der Waals surface area contributed by atoms with Gasteiger partial charge in [0.25, 0.3) is 0 Å². The first-order valence-electron chi connectivity index (χ1n) is 4.00. The molecule has 13 heavy (non-hydrogen) atoms. The Morgan fingerprint density at radius 1 is 1.54 bits per heavy atom. The normalized spacial score (nSPS) is 14.2. The molecule has 0 fully saturated rings.